The molecule has 2 N–H and O–H groups in total. The summed E-state index contributed by atoms with van der Waals surface area (Å²) >= 11 is 0. The van der Waals surface area contributed by atoms with Gasteiger partial charge in [-0.25, -0.2) is 0 Å². The molecule has 0 saturated heterocycles. The Morgan fingerprint density at radius 1 is 1.47 bits per heavy atom. The van der Waals surface area contributed by atoms with Gasteiger partial charge in [0.1, 0.15) is 5.69 Å². The van der Waals surface area contributed by atoms with E-state index < -0.39 is 4.92 Å². The van der Waals surface area contributed by atoms with E-state index in [1.807, 2.05) is 6.92 Å². The standard InChI is InChI=1S/C11H15N3O3/c1-3-12-11(15)7-13-9-5-4-8(2)6-10(9)14(16)17/h4-6,13H,3,7H2,1-2H3,(H,12,15). The van der Waals surface area contributed by atoms with Crippen molar-refractivity contribution in [3.05, 3.63) is 33.9 Å². The largest absolute Gasteiger partial charge is 0.371 e. The SMILES string of the molecule is CCNC(=O)CNc1ccc(C)cc1[N+](=O)[O-]. The van der Waals surface area contributed by atoms with Gasteiger partial charge in [0.25, 0.3) is 5.69 Å². The number of carbonyl (C=O) groups excluding carboxylic acids is 1. The Morgan fingerprint density at radius 3 is 2.76 bits per heavy atom. The number of nitro benzene ring substituents is 1. The van der Waals surface area contributed by atoms with E-state index in [1.54, 1.807) is 19.1 Å². The summed E-state index contributed by atoms with van der Waals surface area (Å²) in [5, 5.41) is 16.2. The third-order valence-electron chi connectivity index (χ3n) is 2.16. The molecule has 0 unspecified atom stereocenters. The van der Waals surface area contributed by atoms with Crippen LogP contribution in [0.15, 0.2) is 18.2 Å². The second kappa shape index (κ2) is 5.83. The van der Waals surface area contributed by atoms with Gasteiger partial charge in [0.05, 0.1) is 11.5 Å². The summed E-state index contributed by atoms with van der Waals surface area (Å²) < 4.78 is 0. The predicted molar refractivity (Wildman–Crippen MR) is 65.0 cm³/mol. The minimum absolute atomic E-state index is 0.0192. The molecule has 1 aromatic carbocycles. The maximum absolute atomic E-state index is 11.2. The van der Waals surface area contributed by atoms with Crippen molar-refractivity contribution in [2.24, 2.45) is 0 Å². The summed E-state index contributed by atoms with van der Waals surface area (Å²) in [5.74, 6) is -0.192. The number of nitrogens with zero attached hydrogens (tertiary/aromatic N) is 1. The first kappa shape index (κ1) is 13.0. The van der Waals surface area contributed by atoms with E-state index in [0.29, 0.717) is 12.2 Å². The number of aryl methyl sites for hydroxylation is 1. The minimum Gasteiger partial charge on any atom is -0.371 e. The van der Waals surface area contributed by atoms with Crippen LogP contribution in [0.3, 0.4) is 0 Å². The Hall–Kier alpha value is -2.11. The highest BCUT2D eigenvalue weighted by Crippen LogP contribution is 2.24. The van der Waals surface area contributed by atoms with Crippen molar-refractivity contribution in [3.63, 3.8) is 0 Å². The molecule has 1 amide bonds. The average molecular weight is 237 g/mol. The smallest absolute Gasteiger partial charge is 0.292 e. The first-order valence-corrected chi connectivity index (χ1v) is 5.30. The molecule has 0 atom stereocenters. The maximum atomic E-state index is 11.2. The molecule has 0 saturated carbocycles. The fraction of sp³-hybridized carbons (Fsp3) is 0.364. The van der Waals surface area contributed by atoms with Crippen LogP contribution < -0.4 is 10.6 Å². The number of anilines is 1. The first-order valence-electron chi connectivity index (χ1n) is 5.30. The van der Waals surface area contributed by atoms with E-state index in [0.717, 1.165) is 5.56 Å². The monoisotopic (exact) mass is 237 g/mol. The number of benzene rings is 1. The molecule has 0 aliphatic carbocycles. The molecule has 0 aromatic heterocycles. The van der Waals surface area contributed by atoms with Gasteiger partial charge in [-0.15, -0.1) is 0 Å². The van der Waals surface area contributed by atoms with E-state index in [-0.39, 0.29) is 18.1 Å². The summed E-state index contributed by atoms with van der Waals surface area (Å²) in [6, 6.07) is 4.83. The minimum atomic E-state index is -0.465. The fourth-order valence-electron chi connectivity index (χ4n) is 1.38. The van der Waals surface area contributed by atoms with Crippen molar-refractivity contribution < 1.29 is 9.72 Å². The topological polar surface area (TPSA) is 84.3 Å². The van der Waals surface area contributed by atoms with Gasteiger partial charge in [-0.3, -0.25) is 14.9 Å². The summed E-state index contributed by atoms with van der Waals surface area (Å²) in [7, 11) is 0. The number of carbonyl (C=O) groups is 1. The van der Waals surface area contributed by atoms with Gasteiger partial charge in [0.15, 0.2) is 0 Å². The van der Waals surface area contributed by atoms with Crippen molar-refractivity contribution in [2.45, 2.75) is 13.8 Å². The number of amides is 1. The van der Waals surface area contributed by atoms with E-state index in [4.69, 9.17) is 0 Å². The van der Waals surface area contributed by atoms with Crippen LogP contribution in [-0.2, 0) is 4.79 Å². The van der Waals surface area contributed by atoms with Crippen LogP contribution in [0.5, 0.6) is 0 Å². The van der Waals surface area contributed by atoms with Crippen LogP contribution in [0.2, 0.25) is 0 Å². The molecule has 0 aliphatic rings. The lowest BCUT2D eigenvalue weighted by molar-refractivity contribution is -0.384. The Bertz CT molecular complexity index is 432. The van der Waals surface area contributed by atoms with Gasteiger partial charge in [0.2, 0.25) is 5.91 Å². The van der Waals surface area contributed by atoms with Crippen molar-refractivity contribution in [1.82, 2.24) is 5.32 Å². The molecular formula is C11H15N3O3. The summed E-state index contributed by atoms with van der Waals surface area (Å²) in [4.78, 5) is 21.6. The van der Waals surface area contributed by atoms with Gasteiger partial charge < -0.3 is 10.6 Å². The Kier molecular flexibility index (Phi) is 4.45. The molecule has 1 aromatic rings. The highest BCUT2D eigenvalue weighted by atomic mass is 16.6. The van der Waals surface area contributed by atoms with E-state index >= 15 is 0 Å². The molecule has 0 heterocycles. The fourth-order valence-corrected chi connectivity index (χ4v) is 1.38. The molecular weight excluding hydrogens is 222 g/mol. The molecule has 0 aliphatic heterocycles. The molecule has 0 fully saturated rings. The first-order chi connectivity index (χ1) is 8.04. The van der Waals surface area contributed by atoms with Crippen molar-refractivity contribution in [1.29, 1.82) is 0 Å². The van der Waals surface area contributed by atoms with Gasteiger partial charge >= 0.3 is 0 Å². The number of likely N-dealkylation sites (N-methyl/N-ethyl adjacent to an activating group) is 1. The van der Waals surface area contributed by atoms with Crippen LogP contribution >= 0.6 is 0 Å². The number of nitro groups is 1. The lowest BCUT2D eigenvalue weighted by Crippen LogP contribution is -2.29. The predicted octanol–water partition coefficient (Wildman–Crippen LogP) is 1.45. The third-order valence-corrected chi connectivity index (χ3v) is 2.16. The van der Waals surface area contributed by atoms with Gasteiger partial charge in [-0.05, 0) is 25.5 Å². The normalized spacial score (nSPS) is 9.76. The molecule has 6 nitrogen and oxygen atoms in total. The van der Waals surface area contributed by atoms with Crippen molar-refractivity contribution >= 4 is 17.3 Å². The molecule has 0 radical (unpaired) electrons. The van der Waals surface area contributed by atoms with Crippen LogP contribution in [0, 0.1) is 17.0 Å². The highest BCUT2D eigenvalue weighted by molar-refractivity contribution is 5.81. The van der Waals surface area contributed by atoms with E-state index in [1.165, 1.54) is 6.07 Å². The molecule has 0 spiro atoms. The number of rotatable bonds is 5. The summed E-state index contributed by atoms with van der Waals surface area (Å²) in [6.07, 6.45) is 0. The second-order valence-corrected chi connectivity index (χ2v) is 3.58. The Morgan fingerprint density at radius 2 is 2.18 bits per heavy atom. The molecule has 6 heteroatoms. The summed E-state index contributed by atoms with van der Waals surface area (Å²) in [5.41, 5.74) is 1.14. The molecule has 92 valence electrons. The van der Waals surface area contributed by atoms with E-state index in [9.17, 15) is 14.9 Å². The third kappa shape index (κ3) is 3.75. The zero-order valence-electron chi connectivity index (χ0n) is 9.82. The van der Waals surface area contributed by atoms with Crippen LogP contribution in [0.4, 0.5) is 11.4 Å². The van der Waals surface area contributed by atoms with Gasteiger partial charge in [0, 0.05) is 12.6 Å². The van der Waals surface area contributed by atoms with Crippen LogP contribution in [0.1, 0.15) is 12.5 Å². The Labute approximate surface area is 99.2 Å². The van der Waals surface area contributed by atoms with Gasteiger partial charge in [-0.1, -0.05) is 6.07 Å². The summed E-state index contributed by atoms with van der Waals surface area (Å²) in [6.45, 7) is 4.15. The second-order valence-electron chi connectivity index (χ2n) is 3.58. The van der Waals surface area contributed by atoms with Crippen LogP contribution in [-0.4, -0.2) is 23.9 Å². The zero-order chi connectivity index (χ0) is 12.8. The van der Waals surface area contributed by atoms with Gasteiger partial charge in [-0.2, -0.15) is 0 Å². The number of nitrogens with one attached hydrogen (secondary N) is 2. The van der Waals surface area contributed by atoms with E-state index in [2.05, 4.69) is 10.6 Å². The molecule has 1 rings (SSSR count). The molecule has 0 bridgehead atoms. The van der Waals surface area contributed by atoms with Crippen LogP contribution in [0.25, 0.3) is 0 Å². The Balaban J connectivity index is 2.77. The lowest BCUT2D eigenvalue weighted by Gasteiger charge is -2.07. The van der Waals surface area contributed by atoms with Crippen molar-refractivity contribution in [2.75, 3.05) is 18.4 Å². The number of hydrogen-bond donors (Lipinski definition) is 2. The zero-order valence-corrected chi connectivity index (χ0v) is 9.82. The highest BCUT2D eigenvalue weighted by Gasteiger charge is 2.13. The lowest BCUT2D eigenvalue weighted by atomic mass is 10.2. The maximum Gasteiger partial charge on any atom is 0.292 e. The number of hydrogen-bond acceptors (Lipinski definition) is 4. The molecule has 17 heavy (non-hydrogen) atoms. The van der Waals surface area contributed by atoms with Crippen molar-refractivity contribution in [3.8, 4) is 0 Å². The average Bonchev–Trinajstić information content (AvgIpc) is 2.27. The quantitative estimate of drug-likeness (QED) is 0.599.